The summed E-state index contributed by atoms with van der Waals surface area (Å²) in [5.74, 6) is 1.19. The molecule has 0 aliphatic rings. The Bertz CT molecular complexity index is 1630. The molecule has 0 aliphatic heterocycles. The van der Waals surface area contributed by atoms with Crippen LogP contribution in [0.4, 0.5) is 10.5 Å². The molecule has 5 aromatic rings. The molecule has 1 heterocycles. The molecule has 202 valence electrons. The first-order valence-electron chi connectivity index (χ1n) is 13.4. The predicted octanol–water partition coefficient (Wildman–Crippen LogP) is 6.62. The summed E-state index contributed by atoms with van der Waals surface area (Å²) in [5, 5.41) is 3.56. The zero-order valence-corrected chi connectivity index (χ0v) is 22.7. The largest absolute Gasteiger partial charge is 0.497 e. The molecule has 0 saturated heterocycles. The van der Waals surface area contributed by atoms with Gasteiger partial charge in [0.05, 0.1) is 29.7 Å². The summed E-state index contributed by atoms with van der Waals surface area (Å²) in [6.07, 6.45) is 1.21. The van der Waals surface area contributed by atoms with Crippen LogP contribution >= 0.6 is 0 Å². The molecule has 0 bridgehead atoms. The van der Waals surface area contributed by atoms with E-state index in [1.807, 2.05) is 97.9 Å². The van der Waals surface area contributed by atoms with Crippen molar-refractivity contribution in [1.29, 1.82) is 0 Å². The van der Waals surface area contributed by atoms with E-state index in [0.29, 0.717) is 53.2 Å². The summed E-state index contributed by atoms with van der Waals surface area (Å²) in [6, 6.07) is 33.4. The topological polar surface area (TPSA) is 76.5 Å². The SMILES string of the molecule is CCC(c1nc2ccccc2c(=O)n1-c1ccc(OC)cc1)N(CCc1ccccc1)C(=O)Nc1ccccc1. The molecule has 1 aromatic heterocycles. The smallest absolute Gasteiger partial charge is 0.322 e. The number of hydrogen-bond donors (Lipinski definition) is 1. The van der Waals surface area contributed by atoms with Crippen LogP contribution in [0.25, 0.3) is 16.6 Å². The monoisotopic (exact) mass is 532 g/mol. The van der Waals surface area contributed by atoms with Gasteiger partial charge in [-0.25, -0.2) is 9.78 Å². The number of methoxy groups -OCH3 is 1. The molecule has 1 N–H and O–H groups in total. The number of nitrogens with zero attached hydrogens (tertiary/aromatic N) is 3. The van der Waals surface area contributed by atoms with Crippen LogP contribution in [0.3, 0.4) is 0 Å². The van der Waals surface area contributed by atoms with Crippen LogP contribution in [0, 0.1) is 0 Å². The molecular weight excluding hydrogens is 500 g/mol. The standard InChI is InChI=1S/C33H32N4O3/c1-3-30(36(23-22-24-12-6-4-7-13-24)33(39)34-25-14-8-5-9-15-25)31-35-29-17-11-10-16-28(29)32(38)37(31)26-18-20-27(40-2)21-19-26/h4-21,30H,3,22-23H2,1-2H3,(H,34,39). The molecule has 1 unspecified atom stereocenters. The van der Waals surface area contributed by atoms with E-state index >= 15 is 0 Å². The third-order valence-corrected chi connectivity index (χ3v) is 6.96. The Hall–Kier alpha value is -4.91. The van der Waals surface area contributed by atoms with Gasteiger partial charge in [0.15, 0.2) is 0 Å². The Labute approximate surface area is 233 Å². The molecule has 0 fully saturated rings. The number of carbonyl (C=O) groups excluding carboxylic acids is 1. The molecule has 4 aromatic carbocycles. The Balaban J connectivity index is 1.63. The molecule has 2 amide bonds. The van der Waals surface area contributed by atoms with Crippen molar-refractivity contribution >= 4 is 22.6 Å². The van der Waals surface area contributed by atoms with Crippen LogP contribution in [0.5, 0.6) is 5.75 Å². The minimum absolute atomic E-state index is 0.185. The molecule has 40 heavy (non-hydrogen) atoms. The van der Waals surface area contributed by atoms with E-state index in [1.54, 1.807) is 22.6 Å². The number of urea groups is 1. The molecule has 5 rings (SSSR count). The summed E-state index contributed by atoms with van der Waals surface area (Å²) in [6.45, 7) is 2.45. The lowest BCUT2D eigenvalue weighted by Gasteiger charge is -2.32. The second-order valence-electron chi connectivity index (χ2n) is 9.47. The summed E-state index contributed by atoms with van der Waals surface area (Å²) < 4.78 is 6.97. The molecule has 7 heteroatoms. The van der Waals surface area contributed by atoms with Crippen molar-refractivity contribution < 1.29 is 9.53 Å². The number of amides is 2. The molecule has 0 spiro atoms. The predicted molar refractivity (Wildman–Crippen MR) is 159 cm³/mol. The molecule has 1 atom stereocenters. The quantitative estimate of drug-likeness (QED) is 0.231. The average Bonchev–Trinajstić information content (AvgIpc) is 3.00. The number of nitrogens with one attached hydrogen (secondary N) is 1. The van der Waals surface area contributed by atoms with Crippen molar-refractivity contribution in [2.45, 2.75) is 25.8 Å². The minimum atomic E-state index is -0.480. The number of anilines is 1. The number of para-hydroxylation sites is 2. The van der Waals surface area contributed by atoms with E-state index < -0.39 is 6.04 Å². The maximum Gasteiger partial charge on any atom is 0.322 e. The van der Waals surface area contributed by atoms with Crippen LogP contribution in [0.15, 0.2) is 114 Å². The Morgan fingerprint density at radius 3 is 2.23 bits per heavy atom. The fraction of sp³-hybridized carbons (Fsp3) is 0.182. The van der Waals surface area contributed by atoms with E-state index in [0.717, 1.165) is 5.56 Å². The van der Waals surface area contributed by atoms with E-state index in [4.69, 9.17) is 9.72 Å². The fourth-order valence-corrected chi connectivity index (χ4v) is 4.91. The highest BCUT2D eigenvalue weighted by molar-refractivity contribution is 5.89. The maximum absolute atomic E-state index is 14.0. The van der Waals surface area contributed by atoms with Gasteiger partial charge < -0.3 is 15.0 Å². The minimum Gasteiger partial charge on any atom is -0.497 e. The van der Waals surface area contributed by atoms with E-state index in [1.165, 1.54) is 0 Å². The number of hydrogen-bond acceptors (Lipinski definition) is 4. The summed E-state index contributed by atoms with van der Waals surface area (Å²) in [5.41, 5.74) is 2.89. The second kappa shape index (κ2) is 12.3. The lowest BCUT2D eigenvalue weighted by molar-refractivity contribution is 0.182. The highest BCUT2D eigenvalue weighted by atomic mass is 16.5. The molecule has 7 nitrogen and oxygen atoms in total. The van der Waals surface area contributed by atoms with Gasteiger partial charge in [-0.15, -0.1) is 0 Å². The van der Waals surface area contributed by atoms with Crippen molar-refractivity contribution in [3.05, 3.63) is 131 Å². The van der Waals surface area contributed by atoms with Crippen molar-refractivity contribution in [1.82, 2.24) is 14.5 Å². The highest BCUT2D eigenvalue weighted by Gasteiger charge is 2.29. The Morgan fingerprint density at radius 1 is 0.900 bits per heavy atom. The molecular formula is C33H32N4O3. The maximum atomic E-state index is 14.0. The van der Waals surface area contributed by atoms with Crippen LogP contribution in [-0.2, 0) is 6.42 Å². The lowest BCUT2D eigenvalue weighted by Crippen LogP contribution is -2.42. The van der Waals surface area contributed by atoms with Crippen LogP contribution in [0.1, 0.15) is 30.8 Å². The van der Waals surface area contributed by atoms with Gasteiger partial charge in [0.1, 0.15) is 11.6 Å². The van der Waals surface area contributed by atoms with E-state index in [-0.39, 0.29) is 11.6 Å². The summed E-state index contributed by atoms with van der Waals surface area (Å²) in [4.78, 5) is 34.6. The zero-order chi connectivity index (χ0) is 27.9. The third-order valence-electron chi connectivity index (χ3n) is 6.96. The second-order valence-corrected chi connectivity index (χ2v) is 9.47. The summed E-state index contributed by atoms with van der Waals surface area (Å²) >= 11 is 0. The fourth-order valence-electron chi connectivity index (χ4n) is 4.91. The van der Waals surface area contributed by atoms with Gasteiger partial charge in [-0.3, -0.25) is 9.36 Å². The number of carbonyl (C=O) groups is 1. The first-order chi connectivity index (χ1) is 19.6. The van der Waals surface area contributed by atoms with Crippen LogP contribution < -0.4 is 15.6 Å². The lowest BCUT2D eigenvalue weighted by atomic mass is 10.1. The van der Waals surface area contributed by atoms with Crippen molar-refractivity contribution in [2.24, 2.45) is 0 Å². The number of rotatable bonds is 9. The Morgan fingerprint density at radius 2 is 1.55 bits per heavy atom. The average molecular weight is 533 g/mol. The van der Waals surface area contributed by atoms with Gasteiger partial charge in [0, 0.05) is 12.2 Å². The van der Waals surface area contributed by atoms with Gasteiger partial charge in [-0.1, -0.05) is 67.6 Å². The van der Waals surface area contributed by atoms with Crippen molar-refractivity contribution in [3.63, 3.8) is 0 Å². The highest BCUT2D eigenvalue weighted by Crippen LogP contribution is 2.28. The van der Waals surface area contributed by atoms with Gasteiger partial charge in [-0.05, 0) is 66.9 Å². The Kier molecular flexibility index (Phi) is 8.21. The first-order valence-corrected chi connectivity index (χ1v) is 13.4. The van der Waals surface area contributed by atoms with Crippen molar-refractivity contribution in [3.8, 4) is 11.4 Å². The molecule has 0 radical (unpaired) electrons. The van der Waals surface area contributed by atoms with Gasteiger partial charge in [-0.2, -0.15) is 0 Å². The van der Waals surface area contributed by atoms with Crippen molar-refractivity contribution in [2.75, 3.05) is 19.0 Å². The number of ether oxygens (including phenoxy) is 1. The molecule has 0 aliphatic carbocycles. The molecule has 0 saturated carbocycles. The van der Waals surface area contributed by atoms with Gasteiger partial charge >= 0.3 is 6.03 Å². The zero-order valence-electron chi connectivity index (χ0n) is 22.7. The number of aromatic nitrogens is 2. The summed E-state index contributed by atoms with van der Waals surface area (Å²) in [7, 11) is 1.60. The number of benzene rings is 4. The van der Waals surface area contributed by atoms with Gasteiger partial charge in [0.25, 0.3) is 5.56 Å². The number of fused-ring (bicyclic) bond motifs is 1. The van der Waals surface area contributed by atoms with Gasteiger partial charge in [0.2, 0.25) is 0 Å². The van der Waals surface area contributed by atoms with Crippen LogP contribution in [-0.4, -0.2) is 34.1 Å². The van der Waals surface area contributed by atoms with Crippen LogP contribution in [0.2, 0.25) is 0 Å². The van der Waals surface area contributed by atoms with E-state index in [2.05, 4.69) is 17.4 Å². The third kappa shape index (κ3) is 5.73. The first kappa shape index (κ1) is 26.7. The van der Waals surface area contributed by atoms with E-state index in [9.17, 15) is 9.59 Å². The normalized spacial score (nSPS) is 11.7.